The molecule has 0 unspecified atom stereocenters. The fourth-order valence-corrected chi connectivity index (χ4v) is 2.30. The lowest BCUT2D eigenvalue weighted by Crippen LogP contribution is -2.27. The summed E-state index contributed by atoms with van der Waals surface area (Å²) in [4.78, 5) is 26.0. The molecule has 7 heteroatoms. The lowest BCUT2D eigenvalue weighted by molar-refractivity contribution is -0.139. The number of benzene rings is 1. The molecule has 0 aromatic heterocycles. The van der Waals surface area contributed by atoms with Crippen molar-refractivity contribution in [2.75, 3.05) is 33.3 Å². The van der Waals surface area contributed by atoms with E-state index < -0.39 is 11.9 Å². The van der Waals surface area contributed by atoms with Crippen molar-refractivity contribution in [1.29, 1.82) is 0 Å². The van der Waals surface area contributed by atoms with E-state index in [9.17, 15) is 9.59 Å². The first-order chi connectivity index (χ1) is 12.0. The number of esters is 2. The largest absolute Gasteiger partial charge is 0.497 e. The van der Waals surface area contributed by atoms with Gasteiger partial charge < -0.3 is 23.8 Å². The van der Waals surface area contributed by atoms with Crippen LogP contribution in [0, 0.1) is 0 Å². The van der Waals surface area contributed by atoms with Gasteiger partial charge in [-0.2, -0.15) is 0 Å². The molecule has 1 heterocycles. The van der Waals surface area contributed by atoms with Gasteiger partial charge in [0.15, 0.2) is 0 Å². The zero-order chi connectivity index (χ0) is 18.4. The molecule has 2 rings (SSSR count). The van der Waals surface area contributed by atoms with Crippen molar-refractivity contribution in [3.63, 3.8) is 0 Å². The summed E-state index contributed by atoms with van der Waals surface area (Å²) in [7, 11) is 5.53. The van der Waals surface area contributed by atoms with Crippen LogP contribution in [0.3, 0.4) is 0 Å². The van der Waals surface area contributed by atoms with Crippen LogP contribution in [-0.4, -0.2) is 40.4 Å². The lowest BCUT2D eigenvalue weighted by Gasteiger charge is -2.24. The quantitative estimate of drug-likeness (QED) is 0.757. The maximum atomic E-state index is 12.4. The van der Waals surface area contributed by atoms with Crippen LogP contribution in [-0.2, 0) is 19.1 Å². The van der Waals surface area contributed by atoms with Crippen LogP contribution in [0.5, 0.6) is 11.5 Å². The van der Waals surface area contributed by atoms with Crippen LogP contribution in [0.2, 0.25) is 0 Å². The minimum absolute atomic E-state index is 0.0228. The second-order valence-electron chi connectivity index (χ2n) is 4.89. The van der Waals surface area contributed by atoms with E-state index in [1.165, 1.54) is 39.4 Å². The molecule has 0 atom stereocenters. The number of hydrogen-bond donors (Lipinski definition) is 0. The van der Waals surface area contributed by atoms with Crippen molar-refractivity contribution in [3.05, 3.63) is 53.9 Å². The Morgan fingerprint density at radius 1 is 0.840 bits per heavy atom. The van der Waals surface area contributed by atoms with Gasteiger partial charge in [0, 0.05) is 24.4 Å². The van der Waals surface area contributed by atoms with Crippen molar-refractivity contribution < 1.29 is 28.5 Å². The Morgan fingerprint density at radius 2 is 1.44 bits per heavy atom. The Kier molecular flexibility index (Phi) is 5.84. The van der Waals surface area contributed by atoms with E-state index in [2.05, 4.69) is 0 Å². The highest BCUT2D eigenvalue weighted by molar-refractivity contribution is 6.05. The molecule has 1 aliphatic heterocycles. The molecule has 25 heavy (non-hydrogen) atoms. The number of carbonyl (C=O) groups is 2. The monoisotopic (exact) mass is 345 g/mol. The summed E-state index contributed by atoms with van der Waals surface area (Å²) in [6.45, 7) is 0. The summed E-state index contributed by atoms with van der Waals surface area (Å²) < 4.78 is 20.2. The Balaban J connectivity index is 2.68. The summed E-state index contributed by atoms with van der Waals surface area (Å²) >= 11 is 0. The first kappa shape index (κ1) is 18.1. The van der Waals surface area contributed by atoms with Crippen LogP contribution < -0.4 is 14.4 Å². The highest BCUT2D eigenvalue weighted by atomic mass is 16.5. The smallest absolute Gasteiger partial charge is 0.355 e. The van der Waals surface area contributed by atoms with E-state index >= 15 is 0 Å². The second kappa shape index (κ2) is 8.05. The number of anilines is 1. The number of allylic oxidation sites excluding steroid dienone is 2. The molecule has 0 bridgehead atoms. The molecule has 0 aliphatic carbocycles. The standard InChI is InChI=1S/C18H19NO6/c1-22-13-9-12(10-14(11-13)23-2)19-8-6-5-7-15(17(20)24-3)16(19)18(21)25-4/h5-11H,1-4H3. The first-order valence-corrected chi connectivity index (χ1v) is 7.33. The van der Waals surface area contributed by atoms with Gasteiger partial charge in [-0.15, -0.1) is 0 Å². The predicted molar refractivity (Wildman–Crippen MR) is 91.4 cm³/mol. The van der Waals surface area contributed by atoms with E-state index in [1.54, 1.807) is 36.6 Å². The fraction of sp³-hybridized carbons (Fsp3) is 0.222. The molecule has 0 fully saturated rings. The number of methoxy groups -OCH3 is 4. The minimum Gasteiger partial charge on any atom is -0.497 e. The molecule has 0 saturated carbocycles. The third-order valence-electron chi connectivity index (χ3n) is 3.50. The Morgan fingerprint density at radius 3 is 1.96 bits per heavy atom. The third kappa shape index (κ3) is 3.82. The van der Waals surface area contributed by atoms with Crippen molar-refractivity contribution in [3.8, 4) is 11.5 Å². The van der Waals surface area contributed by atoms with Gasteiger partial charge in [-0.05, 0) is 12.2 Å². The van der Waals surface area contributed by atoms with E-state index in [0.29, 0.717) is 17.2 Å². The predicted octanol–water partition coefficient (Wildman–Crippen LogP) is 2.19. The molecule has 0 amide bonds. The molecule has 1 aromatic carbocycles. The zero-order valence-corrected chi connectivity index (χ0v) is 14.4. The number of carbonyl (C=O) groups excluding carboxylic acids is 2. The Labute approximate surface area is 145 Å². The van der Waals surface area contributed by atoms with E-state index in [0.717, 1.165) is 0 Å². The van der Waals surface area contributed by atoms with Gasteiger partial charge in [-0.1, -0.05) is 6.08 Å². The van der Waals surface area contributed by atoms with Crippen LogP contribution >= 0.6 is 0 Å². The van der Waals surface area contributed by atoms with Gasteiger partial charge in [0.05, 0.1) is 39.7 Å². The number of hydrogen-bond acceptors (Lipinski definition) is 7. The highest BCUT2D eigenvalue weighted by Crippen LogP contribution is 2.32. The summed E-state index contributed by atoms with van der Waals surface area (Å²) in [6, 6.07) is 5.11. The van der Waals surface area contributed by atoms with Gasteiger partial charge >= 0.3 is 11.9 Å². The molecule has 0 radical (unpaired) electrons. The molecular weight excluding hydrogens is 326 g/mol. The number of ether oxygens (including phenoxy) is 4. The minimum atomic E-state index is -0.682. The number of rotatable bonds is 5. The third-order valence-corrected chi connectivity index (χ3v) is 3.50. The van der Waals surface area contributed by atoms with Crippen molar-refractivity contribution in [1.82, 2.24) is 0 Å². The molecule has 0 spiro atoms. The van der Waals surface area contributed by atoms with Crippen molar-refractivity contribution in [2.45, 2.75) is 0 Å². The van der Waals surface area contributed by atoms with Gasteiger partial charge in [0.1, 0.15) is 17.2 Å². The number of nitrogens with zero attached hydrogens (tertiary/aromatic N) is 1. The molecule has 7 nitrogen and oxygen atoms in total. The van der Waals surface area contributed by atoms with Gasteiger partial charge in [0.2, 0.25) is 0 Å². The normalized spacial score (nSPS) is 13.4. The lowest BCUT2D eigenvalue weighted by atomic mass is 10.1. The maximum Gasteiger partial charge on any atom is 0.355 e. The van der Waals surface area contributed by atoms with E-state index in [1.807, 2.05) is 0 Å². The van der Waals surface area contributed by atoms with E-state index in [4.69, 9.17) is 18.9 Å². The highest BCUT2D eigenvalue weighted by Gasteiger charge is 2.27. The fourth-order valence-electron chi connectivity index (χ4n) is 2.30. The van der Waals surface area contributed by atoms with Crippen molar-refractivity contribution >= 4 is 17.6 Å². The first-order valence-electron chi connectivity index (χ1n) is 7.33. The van der Waals surface area contributed by atoms with Gasteiger partial charge in [0.25, 0.3) is 0 Å². The summed E-state index contributed by atoms with van der Waals surface area (Å²) in [5.41, 5.74) is 0.647. The van der Waals surface area contributed by atoms with Crippen LogP contribution in [0.1, 0.15) is 0 Å². The average molecular weight is 345 g/mol. The summed E-state index contributed by atoms with van der Waals surface area (Å²) in [5, 5.41) is 0. The molecule has 1 aliphatic rings. The molecule has 0 N–H and O–H groups in total. The Bertz CT molecular complexity index is 741. The molecule has 132 valence electrons. The SMILES string of the molecule is COC(=O)C1=C(C(=O)OC)N(c2cc(OC)cc(OC)c2)C=CC=C1. The Hall–Kier alpha value is -3.22. The van der Waals surface area contributed by atoms with Crippen LogP contribution in [0.15, 0.2) is 53.9 Å². The molecule has 0 saturated heterocycles. The molecular formula is C18H19NO6. The molecule has 1 aromatic rings. The van der Waals surface area contributed by atoms with Gasteiger partial charge in [-0.3, -0.25) is 0 Å². The van der Waals surface area contributed by atoms with E-state index in [-0.39, 0.29) is 11.3 Å². The zero-order valence-electron chi connectivity index (χ0n) is 14.4. The second-order valence-corrected chi connectivity index (χ2v) is 4.89. The van der Waals surface area contributed by atoms with Gasteiger partial charge in [-0.25, -0.2) is 9.59 Å². The van der Waals surface area contributed by atoms with Crippen molar-refractivity contribution in [2.24, 2.45) is 0 Å². The summed E-state index contributed by atoms with van der Waals surface area (Å²) in [6.07, 6.45) is 6.44. The van der Waals surface area contributed by atoms with Crippen LogP contribution in [0.25, 0.3) is 0 Å². The topological polar surface area (TPSA) is 74.3 Å². The van der Waals surface area contributed by atoms with Crippen LogP contribution in [0.4, 0.5) is 5.69 Å². The maximum absolute atomic E-state index is 12.4. The summed E-state index contributed by atoms with van der Waals surface area (Å²) in [5.74, 6) is -0.272. The average Bonchev–Trinajstić information content (AvgIpc) is 2.89.